The van der Waals surface area contributed by atoms with Gasteiger partial charge in [0, 0.05) is 6.92 Å². The smallest absolute Gasteiger partial charge is 0.313 e. The van der Waals surface area contributed by atoms with Crippen molar-refractivity contribution in [3.05, 3.63) is 87.9 Å². The number of carbonyl (C=O) groups excluding carboxylic acids is 1. The molecule has 0 radical (unpaired) electrons. The van der Waals surface area contributed by atoms with E-state index in [4.69, 9.17) is 39.0 Å². The summed E-state index contributed by atoms with van der Waals surface area (Å²) in [5.41, 5.74) is 0. The molecular weight excluding hydrogens is 411 g/mol. The number of benzene rings is 3. The third-order valence-electron chi connectivity index (χ3n) is 3.68. The molecule has 0 saturated heterocycles. The van der Waals surface area contributed by atoms with Crippen LogP contribution in [-0.2, 0) is 8.98 Å². The highest BCUT2D eigenvalue weighted by atomic mass is 35.5. The van der Waals surface area contributed by atoms with Crippen molar-refractivity contribution >= 4 is 51.1 Å². The minimum atomic E-state index is -2.57. The van der Waals surface area contributed by atoms with Crippen molar-refractivity contribution in [3.8, 4) is 0 Å². The highest BCUT2D eigenvalue weighted by Crippen LogP contribution is 2.73. The molecule has 134 valence electrons. The molecule has 3 rings (SSSR count). The standard InChI is InChI=1S/C20H15Cl3O2S/c1-14(24)25-26(18-11-5-2-8-15(18)21,19-12-6-3-9-16(19)22)20-13-7-4-10-17(20)23/h2-13H,1H3. The fraction of sp³-hybridized carbons (Fsp3) is 0.0500. The molecule has 0 spiro atoms. The molecule has 0 aliphatic carbocycles. The third-order valence-corrected chi connectivity index (χ3v) is 8.42. The number of rotatable bonds is 4. The van der Waals surface area contributed by atoms with Gasteiger partial charge >= 0.3 is 5.97 Å². The third kappa shape index (κ3) is 3.45. The Morgan fingerprint density at radius 2 is 1.00 bits per heavy atom. The second-order valence-electron chi connectivity index (χ2n) is 5.42. The van der Waals surface area contributed by atoms with Crippen molar-refractivity contribution in [1.29, 1.82) is 0 Å². The fourth-order valence-corrected chi connectivity index (χ4v) is 7.26. The summed E-state index contributed by atoms with van der Waals surface area (Å²) in [6.07, 6.45) is 0. The van der Waals surface area contributed by atoms with E-state index in [2.05, 4.69) is 0 Å². The molecule has 2 nitrogen and oxygen atoms in total. The second kappa shape index (κ2) is 7.93. The molecule has 0 amide bonds. The first kappa shape index (κ1) is 19.1. The lowest BCUT2D eigenvalue weighted by Gasteiger charge is -2.40. The van der Waals surface area contributed by atoms with Gasteiger partial charge in [-0.1, -0.05) is 71.2 Å². The Hall–Kier alpha value is -1.65. The van der Waals surface area contributed by atoms with Crippen LogP contribution in [-0.4, -0.2) is 5.97 Å². The van der Waals surface area contributed by atoms with Crippen LogP contribution in [0.3, 0.4) is 0 Å². The Morgan fingerprint density at radius 1 is 0.692 bits per heavy atom. The molecule has 26 heavy (non-hydrogen) atoms. The van der Waals surface area contributed by atoms with Crippen LogP contribution in [0, 0.1) is 0 Å². The Bertz CT molecular complexity index is 848. The molecule has 0 aromatic heterocycles. The van der Waals surface area contributed by atoms with Gasteiger partial charge in [-0.05, 0) is 46.7 Å². The van der Waals surface area contributed by atoms with Gasteiger partial charge in [-0.2, -0.15) is 0 Å². The van der Waals surface area contributed by atoms with Crippen molar-refractivity contribution in [2.75, 3.05) is 0 Å². The quantitative estimate of drug-likeness (QED) is 0.435. The molecule has 0 saturated carbocycles. The SMILES string of the molecule is CC(=O)OS(c1ccccc1Cl)(c1ccccc1Cl)c1ccccc1Cl. The van der Waals surface area contributed by atoms with Crippen molar-refractivity contribution < 1.29 is 8.98 Å². The first-order chi connectivity index (χ1) is 12.5. The van der Waals surface area contributed by atoms with Crippen molar-refractivity contribution in [2.45, 2.75) is 21.6 Å². The Balaban J connectivity index is 2.48. The van der Waals surface area contributed by atoms with Crippen LogP contribution >= 0.6 is 45.1 Å². The van der Waals surface area contributed by atoms with Crippen LogP contribution in [0.5, 0.6) is 0 Å². The van der Waals surface area contributed by atoms with Gasteiger partial charge in [0.1, 0.15) is 0 Å². The lowest BCUT2D eigenvalue weighted by molar-refractivity contribution is -0.131. The normalized spacial score (nSPS) is 11.8. The lowest BCUT2D eigenvalue weighted by atomic mass is 10.3. The van der Waals surface area contributed by atoms with E-state index in [9.17, 15) is 4.79 Å². The van der Waals surface area contributed by atoms with Crippen LogP contribution in [0.15, 0.2) is 87.5 Å². The molecule has 0 atom stereocenters. The Labute approximate surface area is 169 Å². The maximum Gasteiger partial charge on any atom is 0.313 e. The summed E-state index contributed by atoms with van der Waals surface area (Å²) < 4.78 is 6.03. The number of hydrogen-bond acceptors (Lipinski definition) is 2. The molecule has 0 aliphatic rings. The van der Waals surface area contributed by atoms with Crippen LogP contribution < -0.4 is 0 Å². The van der Waals surface area contributed by atoms with Gasteiger partial charge in [0.2, 0.25) is 0 Å². The van der Waals surface area contributed by atoms with Crippen LogP contribution in [0.1, 0.15) is 6.92 Å². The van der Waals surface area contributed by atoms with E-state index in [1.807, 2.05) is 54.6 Å². The number of carbonyl (C=O) groups is 1. The maximum atomic E-state index is 12.2. The van der Waals surface area contributed by atoms with Gasteiger partial charge in [-0.3, -0.25) is 4.79 Å². The van der Waals surface area contributed by atoms with Crippen LogP contribution in [0.2, 0.25) is 15.1 Å². The fourth-order valence-electron chi connectivity index (χ4n) is 2.70. The molecule has 0 aliphatic heterocycles. The summed E-state index contributed by atoms with van der Waals surface area (Å²) >= 11 is 19.6. The molecule has 6 heteroatoms. The zero-order chi connectivity index (χ0) is 18.7. The topological polar surface area (TPSA) is 26.3 Å². The van der Waals surface area contributed by atoms with E-state index in [0.29, 0.717) is 29.8 Å². The first-order valence-electron chi connectivity index (χ1n) is 7.74. The molecule has 3 aromatic rings. The van der Waals surface area contributed by atoms with E-state index < -0.39 is 16.3 Å². The summed E-state index contributed by atoms with van der Waals surface area (Å²) in [5, 5.41) is 1.43. The first-order valence-corrected chi connectivity index (χ1v) is 10.4. The summed E-state index contributed by atoms with van der Waals surface area (Å²) in [4.78, 5) is 14.2. The van der Waals surface area contributed by atoms with Gasteiger partial charge in [-0.25, -0.2) is 0 Å². The highest BCUT2D eigenvalue weighted by molar-refractivity contribution is 8.30. The predicted octanol–water partition coefficient (Wildman–Crippen LogP) is 7.41. The van der Waals surface area contributed by atoms with E-state index in [1.54, 1.807) is 18.2 Å². The average molecular weight is 426 g/mol. The summed E-state index contributed by atoms with van der Waals surface area (Å²) in [6, 6.07) is 21.8. The summed E-state index contributed by atoms with van der Waals surface area (Å²) in [7, 11) is -2.57. The van der Waals surface area contributed by atoms with E-state index >= 15 is 0 Å². The minimum Gasteiger partial charge on any atom is -0.402 e. The number of hydrogen-bond donors (Lipinski definition) is 0. The second-order valence-corrected chi connectivity index (χ2v) is 9.24. The zero-order valence-corrected chi connectivity index (χ0v) is 16.9. The van der Waals surface area contributed by atoms with Crippen LogP contribution in [0.4, 0.5) is 0 Å². The van der Waals surface area contributed by atoms with E-state index in [1.165, 1.54) is 6.92 Å². The van der Waals surface area contributed by atoms with Crippen molar-refractivity contribution in [2.24, 2.45) is 0 Å². The van der Waals surface area contributed by atoms with Gasteiger partial charge in [0.05, 0.1) is 29.8 Å². The Kier molecular flexibility index (Phi) is 5.83. The van der Waals surface area contributed by atoms with Crippen molar-refractivity contribution in [1.82, 2.24) is 0 Å². The summed E-state index contributed by atoms with van der Waals surface area (Å²) in [5.74, 6) is -0.445. The summed E-state index contributed by atoms with van der Waals surface area (Å²) in [6.45, 7) is 1.37. The van der Waals surface area contributed by atoms with Gasteiger partial charge < -0.3 is 4.18 Å². The van der Waals surface area contributed by atoms with Gasteiger partial charge in [-0.15, -0.1) is 0 Å². The van der Waals surface area contributed by atoms with E-state index in [-0.39, 0.29) is 0 Å². The Morgan fingerprint density at radius 3 is 1.27 bits per heavy atom. The molecule has 0 unspecified atom stereocenters. The monoisotopic (exact) mass is 424 g/mol. The number of halogens is 3. The van der Waals surface area contributed by atoms with Crippen LogP contribution in [0.25, 0.3) is 0 Å². The maximum absolute atomic E-state index is 12.2. The molecule has 0 N–H and O–H groups in total. The molecule has 0 heterocycles. The molecule has 0 bridgehead atoms. The largest absolute Gasteiger partial charge is 0.402 e. The predicted molar refractivity (Wildman–Crippen MR) is 109 cm³/mol. The average Bonchev–Trinajstić information content (AvgIpc) is 2.61. The lowest BCUT2D eigenvalue weighted by Crippen LogP contribution is -2.12. The zero-order valence-electron chi connectivity index (χ0n) is 13.8. The van der Waals surface area contributed by atoms with Gasteiger partial charge in [0.25, 0.3) is 0 Å². The molecule has 3 aromatic carbocycles. The molecular formula is C20H15Cl3O2S. The van der Waals surface area contributed by atoms with Crippen molar-refractivity contribution in [3.63, 3.8) is 0 Å². The minimum absolute atomic E-state index is 0.445. The highest BCUT2D eigenvalue weighted by Gasteiger charge is 2.39. The van der Waals surface area contributed by atoms with Gasteiger partial charge in [0.15, 0.2) is 0 Å². The van der Waals surface area contributed by atoms with E-state index in [0.717, 1.165) is 0 Å². The molecule has 0 fully saturated rings.